The predicted molar refractivity (Wildman–Crippen MR) is 107 cm³/mol. The molecule has 2 N–H and O–H groups in total. The first-order chi connectivity index (χ1) is 13.5. The number of nitrogens with zero attached hydrogens (tertiary/aromatic N) is 2. The Bertz CT molecular complexity index is 592. The molecule has 4 saturated carbocycles. The van der Waals surface area contributed by atoms with Gasteiger partial charge in [-0.05, 0) is 63.2 Å². The van der Waals surface area contributed by atoms with Gasteiger partial charge in [-0.25, -0.2) is 5.43 Å². The highest BCUT2D eigenvalue weighted by Gasteiger charge is 2.54. The molecule has 0 aromatic carbocycles. The number of hydrogen-bond donors (Lipinski definition) is 2. The van der Waals surface area contributed by atoms with Crippen molar-refractivity contribution in [1.29, 1.82) is 0 Å². The van der Waals surface area contributed by atoms with Gasteiger partial charge in [-0.1, -0.05) is 0 Å². The molecule has 0 spiro atoms. The van der Waals surface area contributed by atoms with Crippen LogP contribution in [0.2, 0.25) is 0 Å². The van der Waals surface area contributed by atoms with Gasteiger partial charge in [0, 0.05) is 31.9 Å². The number of hydrogen-bond acceptors (Lipinski definition) is 5. The van der Waals surface area contributed by atoms with Crippen molar-refractivity contribution in [2.24, 2.45) is 28.3 Å². The van der Waals surface area contributed by atoms with Gasteiger partial charge < -0.3 is 10.1 Å². The van der Waals surface area contributed by atoms with E-state index in [9.17, 15) is 9.59 Å². The van der Waals surface area contributed by atoms with Crippen molar-refractivity contribution in [2.45, 2.75) is 51.9 Å². The number of carbonyl (C=O) groups excluding carboxylic acids is 2. The van der Waals surface area contributed by atoms with Crippen molar-refractivity contribution in [1.82, 2.24) is 15.6 Å². The minimum absolute atomic E-state index is 0.0430. The van der Waals surface area contributed by atoms with E-state index in [0.29, 0.717) is 12.3 Å². The van der Waals surface area contributed by atoms with Gasteiger partial charge in [-0.3, -0.25) is 14.5 Å². The Hall–Kier alpha value is -1.47. The van der Waals surface area contributed by atoms with Crippen molar-refractivity contribution < 1.29 is 14.3 Å². The van der Waals surface area contributed by atoms with Crippen LogP contribution in [0.5, 0.6) is 0 Å². The maximum Gasteiger partial charge on any atom is 0.246 e. The van der Waals surface area contributed by atoms with E-state index in [-0.39, 0.29) is 23.7 Å². The molecule has 0 aromatic rings. The van der Waals surface area contributed by atoms with E-state index < -0.39 is 0 Å². The Balaban J connectivity index is 1.20. The summed E-state index contributed by atoms with van der Waals surface area (Å²) in [7, 11) is 0. The van der Waals surface area contributed by atoms with Gasteiger partial charge in [0.2, 0.25) is 11.8 Å². The van der Waals surface area contributed by atoms with Crippen LogP contribution < -0.4 is 10.7 Å². The van der Waals surface area contributed by atoms with E-state index in [2.05, 4.69) is 20.7 Å². The highest BCUT2D eigenvalue weighted by Crippen LogP contribution is 2.60. The number of morpholine rings is 1. The first-order valence-electron chi connectivity index (χ1n) is 10.9. The van der Waals surface area contributed by atoms with Crippen LogP contribution in [-0.2, 0) is 14.3 Å². The molecular weight excluding hydrogens is 356 g/mol. The maximum atomic E-state index is 12.9. The summed E-state index contributed by atoms with van der Waals surface area (Å²) in [4.78, 5) is 27.3. The third-order valence-corrected chi connectivity index (χ3v) is 7.14. The van der Waals surface area contributed by atoms with Gasteiger partial charge in [0.15, 0.2) is 0 Å². The van der Waals surface area contributed by atoms with Crippen LogP contribution in [0.3, 0.4) is 0 Å². The average Bonchev–Trinajstić information content (AvgIpc) is 2.66. The molecule has 1 heterocycles. The monoisotopic (exact) mass is 390 g/mol. The zero-order chi connectivity index (χ0) is 19.6. The van der Waals surface area contributed by atoms with Crippen LogP contribution in [0.25, 0.3) is 0 Å². The lowest BCUT2D eigenvalue weighted by Crippen LogP contribution is -2.52. The standard InChI is InChI=1S/C21H34N4O3/c1-15(8-19(26)22-2-3-25-4-6-28-7-5-25)23-24-20(27)21-12-16-9-17(13-21)11-18(10-16)14-21/h16-18H,2-14H2,1H3,(H,22,26)(H,24,27)/b23-15+. The Kier molecular flexibility index (Phi) is 6.01. The van der Waals surface area contributed by atoms with Gasteiger partial charge in [0.1, 0.15) is 0 Å². The minimum atomic E-state index is -0.195. The Morgan fingerprint density at radius 2 is 1.68 bits per heavy atom. The van der Waals surface area contributed by atoms with Gasteiger partial charge >= 0.3 is 0 Å². The molecule has 1 saturated heterocycles. The van der Waals surface area contributed by atoms with E-state index in [0.717, 1.165) is 69.9 Å². The molecule has 0 aromatic heterocycles. The van der Waals surface area contributed by atoms with Crippen LogP contribution in [0.15, 0.2) is 5.10 Å². The second-order valence-corrected chi connectivity index (χ2v) is 9.47. The minimum Gasteiger partial charge on any atom is -0.379 e. The van der Waals surface area contributed by atoms with Crippen LogP contribution in [0, 0.1) is 23.2 Å². The summed E-state index contributed by atoms with van der Waals surface area (Å²) in [6, 6.07) is 0. The summed E-state index contributed by atoms with van der Waals surface area (Å²) < 4.78 is 5.32. The van der Waals surface area contributed by atoms with Crippen LogP contribution in [0.1, 0.15) is 51.9 Å². The Labute approximate surface area is 167 Å². The van der Waals surface area contributed by atoms with E-state index in [1.54, 1.807) is 0 Å². The number of carbonyl (C=O) groups is 2. The highest BCUT2D eigenvalue weighted by molar-refractivity contribution is 6.00. The molecule has 1 aliphatic heterocycles. The van der Waals surface area contributed by atoms with Gasteiger partial charge in [0.05, 0.1) is 25.0 Å². The van der Waals surface area contributed by atoms with Gasteiger partial charge in [-0.15, -0.1) is 0 Å². The number of nitrogens with one attached hydrogen (secondary N) is 2. The second-order valence-electron chi connectivity index (χ2n) is 9.47. The number of amides is 2. The lowest BCUT2D eigenvalue weighted by molar-refractivity contribution is -0.146. The summed E-state index contributed by atoms with van der Waals surface area (Å²) in [5.41, 5.74) is 3.26. The summed E-state index contributed by atoms with van der Waals surface area (Å²) in [5, 5.41) is 7.19. The lowest BCUT2D eigenvalue weighted by atomic mass is 9.49. The quantitative estimate of drug-likeness (QED) is 0.510. The fourth-order valence-electron chi connectivity index (χ4n) is 6.17. The number of rotatable bonds is 7. The fraction of sp³-hybridized carbons (Fsp3) is 0.857. The molecule has 7 heteroatoms. The third kappa shape index (κ3) is 4.57. The summed E-state index contributed by atoms with van der Waals surface area (Å²) in [5.74, 6) is 2.25. The molecule has 4 aliphatic carbocycles. The molecule has 7 nitrogen and oxygen atoms in total. The lowest BCUT2D eigenvalue weighted by Gasteiger charge is -2.55. The number of hydrazone groups is 1. The molecule has 4 bridgehead atoms. The van der Waals surface area contributed by atoms with Crippen LogP contribution in [-0.4, -0.2) is 61.8 Å². The first-order valence-corrected chi connectivity index (χ1v) is 10.9. The van der Waals surface area contributed by atoms with E-state index in [1.165, 1.54) is 19.3 Å². The van der Waals surface area contributed by atoms with Crippen molar-refractivity contribution in [2.75, 3.05) is 39.4 Å². The molecule has 0 radical (unpaired) electrons. The van der Waals surface area contributed by atoms with Crippen molar-refractivity contribution in [3.63, 3.8) is 0 Å². The highest BCUT2D eigenvalue weighted by atomic mass is 16.5. The normalized spacial score (nSPS) is 35.0. The molecule has 0 atom stereocenters. The molecule has 2 amide bonds. The SMILES string of the molecule is C/C(CC(=O)NCCN1CCOCC1)=N\NC(=O)C12CC3CC(CC(C3)C1)C2. The molecule has 5 fully saturated rings. The summed E-state index contributed by atoms with van der Waals surface area (Å²) >= 11 is 0. The topological polar surface area (TPSA) is 83.0 Å². The van der Waals surface area contributed by atoms with E-state index >= 15 is 0 Å². The van der Waals surface area contributed by atoms with Crippen molar-refractivity contribution in [3.8, 4) is 0 Å². The zero-order valence-corrected chi connectivity index (χ0v) is 17.0. The largest absolute Gasteiger partial charge is 0.379 e. The smallest absolute Gasteiger partial charge is 0.246 e. The summed E-state index contributed by atoms with van der Waals surface area (Å²) in [6.45, 7) is 6.66. The van der Waals surface area contributed by atoms with Crippen LogP contribution >= 0.6 is 0 Å². The maximum absolute atomic E-state index is 12.9. The fourth-order valence-corrected chi connectivity index (χ4v) is 6.17. The molecular formula is C21H34N4O3. The molecule has 5 aliphatic rings. The molecule has 156 valence electrons. The van der Waals surface area contributed by atoms with Gasteiger partial charge in [-0.2, -0.15) is 5.10 Å². The van der Waals surface area contributed by atoms with E-state index in [4.69, 9.17) is 4.74 Å². The van der Waals surface area contributed by atoms with E-state index in [1.807, 2.05) is 6.92 Å². The Morgan fingerprint density at radius 1 is 1.07 bits per heavy atom. The third-order valence-electron chi connectivity index (χ3n) is 7.14. The zero-order valence-electron chi connectivity index (χ0n) is 17.0. The molecule has 0 unspecified atom stereocenters. The van der Waals surface area contributed by atoms with Crippen molar-refractivity contribution in [3.05, 3.63) is 0 Å². The summed E-state index contributed by atoms with van der Waals surface area (Å²) in [6.07, 6.45) is 7.27. The average molecular weight is 391 g/mol. The first kappa shape index (κ1) is 19.8. The van der Waals surface area contributed by atoms with Crippen molar-refractivity contribution >= 4 is 17.5 Å². The molecule has 5 rings (SSSR count). The number of ether oxygens (including phenoxy) is 1. The van der Waals surface area contributed by atoms with Crippen LogP contribution in [0.4, 0.5) is 0 Å². The van der Waals surface area contributed by atoms with Gasteiger partial charge in [0.25, 0.3) is 0 Å². The second kappa shape index (κ2) is 8.49. The Morgan fingerprint density at radius 3 is 2.29 bits per heavy atom. The molecule has 28 heavy (non-hydrogen) atoms. The predicted octanol–water partition coefficient (Wildman–Crippen LogP) is 1.53.